The number of hydrogen-bond acceptors (Lipinski definition) is 7. The van der Waals surface area contributed by atoms with Gasteiger partial charge in [0.25, 0.3) is 0 Å². The van der Waals surface area contributed by atoms with Crippen LogP contribution in [-0.2, 0) is 35.1 Å². The SMILES string of the molecule is COc1ccc(C[C@H](CC(=O)[C@@H](C)NC(=O)C2CCOCC2)C(=O)N[C@@H](CC2CCCC2)C(=O)[C@@]2(C)CO2)cc1. The number of carbonyl (C=O) groups is 4. The number of amides is 2. The Kier molecular flexibility index (Phi) is 10.4. The van der Waals surface area contributed by atoms with E-state index in [1.54, 1.807) is 21.0 Å². The average Bonchev–Trinajstić information content (AvgIpc) is 3.50. The normalized spacial score (nSPS) is 23.6. The molecule has 0 aromatic heterocycles. The van der Waals surface area contributed by atoms with E-state index in [1.807, 2.05) is 24.3 Å². The van der Waals surface area contributed by atoms with Crippen LogP contribution in [0, 0.1) is 17.8 Å². The molecule has 3 aliphatic rings. The number of epoxide rings is 1. The lowest BCUT2D eigenvalue weighted by molar-refractivity contribution is -0.135. The third-order valence-electron chi connectivity index (χ3n) is 8.67. The minimum Gasteiger partial charge on any atom is -0.497 e. The van der Waals surface area contributed by atoms with E-state index in [2.05, 4.69) is 10.6 Å². The van der Waals surface area contributed by atoms with Gasteiger partial charge in [-0.2, -0.15) is 0 Å². The predicted octanol–water partition coefficient (Wildman–Crippen LogP) is 3.17. The molecule has 4 atom stereocenters. The highest BCUT2D eigenvalue weighted by atomic mass is 16.6. The summed E-state index contributed by atoms with van der Waals surface area (Å²) in [6, 6.07) is 6.01. The molecule has 2 N–H and O–H groups in total. The fourth-order valence-electron chi connectivity index (χ4n) is 5.81. The Balaban J connectivity index is 1.46. The summed E-state index contributed by atoms with van der Waals surface area (Å²) >= 11 is 0. The lowest BCUT2D eigenvalue weighted by Gasteiger charge is -2.26. The molecule has 9 nitrogen and oxygen atoms in total. The Morgan fingerprint density at radius 1 is 1.02 bits per heavy atom. The van der Waals surface area contributed by atoms with E-state index in [0.29, 0.717) is 57.2 Å². The van der Waals surface area contributed by atoms with Gasteiger partial charge < -0.3 is 24.8 Å². The molecule has 1 aromatic rings. The maximum Gasteiger partial charge on any atom is 0.224 e. The number of hydrogen-bond donors (Lipinski definition) is 2. The first-order valence-corrected chi connectivity index (χ1v) is 14.7. The maximum absolute atomic E-state index is 13.8. The molecule has 0 spiro atoms. The summed E-state index contributed by atoms with van der Waals surface area (Å²) in [5.41, 5.74) is 0.0321. The van der Waals surface area contributed by atoms with Crippen LogP contribution in [0.4, 0.5) is 0 Å². The van der Waals surface area contributed by atoms with Gasteiger partial charge in [-0.15, -0.1) is 0 Å². The van der Waals surface area contributed by atoms with Gasteiger partial charge in [0.05, 0.1) is 25.8 Å². The number of carbonyl (C=O) groups excluding carboxylic acids is 4. The van der Waals surface area contributed by atoms with Crippen molar-refractivity contribution in [1.82, 2.24) is 10.6 Å². The van der Waals surface area contributed by atoms with Crippen molar-refractivity contribution in [2.45, 2.75) is 89.3 Å². The largest absolute Gasteiger partial charge is 0.497 e. The molecule has 3 fully saturated rings. The number of benzene rings is 1. The molecule has 0 radical (unpaired) electrons. The summed E-state index contributed by atoms with van der Waals surface area (Å²) in [7, 11) is 1.59. The van der Waals surface area contributed by atoms with Gasteiger partial charge in [0, 0.05) is 31.5 Å². The molecule has 1 aromatic carbocycles. The quantitative estimate of drug-likeness (QED) is 0.338. The summed E-state index contributed by atoms with van der Waals surface area (Å²) in [6.07, 6.45) is 6.50. The summed E-state index contributed by atoms with van der Waals surface area (Å²) in [5, 5.41) is 5.87. The van der Waals surface area contributed by atoms with E-state index in [9.17, 15) is 19.2 Å². The van der Waals surface area contributed by atoms with E-state index < -0.39 is 23.6 Å². The summed E-state index contributed by atoms with van der Waals surface area (Å²) in [5.74, 6) is -0.577. The van der Waals surface area contributed by atoms with Gasteiger partial charge in [-0.25, -0.2) is 0 Å². The Morgan fingerprint density at radius 2 is 1.68 bits per heavy atom. The lowest BCUT2D eigenvalue weighted by Crippen LogP contribution is -2.50. The molecule has 2 heterocycles. The summed E-state index contributed by atoms with van der Waals surface area (Å²) in [4.78, 5) is 53.1. The van der Waals surface area contributed by atoms with Crippen molar-refractivity contribution >= 4 is 23.4 Å². The van der Waals surface area contributed by atoms with Crippen molar-refractivity contribution in [2.24, 2.45) is 17.8 Å². The van der Waals surface area contributed by atoms with Gasteiger partial charge in [-0.1, -0.05) is 37.8 Å². The van der Waals surface area contributed by atoms with Crippen LogP contribution < -0.4 is 15.4 Å². The van der Waals surface area contributed by atoms with Crippen molar-refractivity contribution < 1.29 is 33.4 Å². The van der Waals surface area contributed by atoms with Crippen molar-refractivity contribution in [2.75, 3.05) is 26.9 Å². The fourth-order valence-corrected chi connectivity index (χ4v) is 5.81. The van der Waals surface area contributed by atoms with Gasteiger partial charge in [0.15, 0.2) is 11.6 Å². The van der Waals surface area contributed by atoms with Gasteiger partial charge in [-0.3, -0.25) is 19.2 Å². The molecule has 1 saturated carbocycles. The van der Waals surface area contributed by atoms with Crippen LogP contribution in [0.1, 0.15) is 70.8 Å². The Hall–Kier alpha value is -2.78. The number of rotatable bonds is 14. The Bertz CT molecular complexity index is 1040. The second kappa shape index (κ2) is 13.7. The third-order valence-corrected chi connectivity index (χ3v) is 8.67. The molecule has 0 bridgehead atoms. The first-order chi connectivity index (χ1) is 19.2. The topological polar surface area (TPSA) is 123 Å². The van der Waals surface area contributed by atoms with Crippen LogP contribution >= 0.6 is 0 Å². The molecule has 2 aliphatic heterocycles. The van der Waals surface area contributed by atoms with Crippen LogP contribution in [-0.4, -0.2) is 68.0 Å². The molecule has 1 aliphatic carbocycles. The van der Waals surface area contributed by atoms with Gasteiger partial charge in [-0.05, 0) is 63.1 Å². The van der Waals surface area contributed by atoms with Gasteiger partial charge >= 0.3 is 0 Å². The lowest BCUT2D eigenvalue weighted by atomic mass is 9.88. The van der Waals surface area contributed by atoms with Crippen molar-refractivity contribution in [3.8, 4) is 5.75 Å². The van der Waals surface area contributed by atoms with E-state index >= 15 is 0 Å². The smallest absolute Gasteiger partial charge is 0.224 e. The highest BCUT2D eigenvalue weighted by Gasteiger charge is 2.50. The van der Waals surface area contributed by atoms with Crippen LogP contribution in [0.15, 0.2) is 24.3 Å². The maximum atomic E-state index is 13.8. The number of ketones is 2. The number of methoxy groups -OCH3 is 1. The minimum absolute atomic E-state index is 0.0504. The van der Waals surface area contributed by atoms with Crippen LogP contribution in [0.3, 0.4) is 0 Å². The standard InChI is InChI=1S/C31H44N2O7/c1-20(32-29(36)23-12-14-39-15-13-23)27(34)18-24(16-22-8-10-25(38-3)11-9-22)30(37)33-26(17-21-6-4-5-7-21)28(35)31(2)19-40-31/h8-11,20-21,23-24,26H,4-7,12-19H2,1-3H3,(H,32,36)(H,33,37)/t20-,24-,26+,31-/m1/s1. The zero-order chi connectivity index (χ0) is 28.7. The van der Waals surface area contributed by atoms with E-state index in [4.69, 9.17) is 14.2 Å². The fraction of sp³-hybridized carbons (Fsp3) is 0.677. The average molecular weight is 557 g/mol. The first-order valence-electron chi connectivity index (χ1n) is 14.7. The van der Waals surface area contributed by atoms with E-state index in [-0.39, 0.29) is 35.7 Å². The van der Waals surface area contributed by atoms with Crippen molar-refractivity contribution in [3.05, 3.63) is 29.8 Å². The first kappa shape index (κ1) is 30.2. The van der Waals surface area contributed by atoms with Crippen LogP contribution in [0.2, 0.25) is 0 Å². The predicted molar refractivity (Wildman–Crippen MR) is 149 cm³/mol. The summed E-state index contributed by atoms with van der Waals surface area (Å²) in [6.45, 7) is 4.87. The van der Waals surface area contributed by atoms with Crippen molar-refractivity contribution in [1.29, 1.82) is 0 Å². The Labute approximate surface area is 237 Å². The number of nitrogens with one attached hydrogen (secondary N) is 2. The molecule has 40 heavy (non-hydrogen) atoms. The van der Waals surface area contributed by atoms with Crippen molar-refractivity contribution in [3.63, 3.8) is 0 Å². The second-order valence-corrected chi connectivity index (χ2v) is 11.9. The van der Waals surface area contributed by atoms with Crippen LogP contribution in [0.25, 0.3) is 0 Å². The summed E-state index contributed by atoms with van der Waals surface area (Å²) < 4.78 is 16.0. The molecule has 220 valence electrons. The minimum atomic E-state index is -0.846. The second-order valence-electron chi connectivity index (χ2n) is 11.9. The molecular weight excluding hydrogens is 512 g/mol. The zero-order valence-corrected chi connectivity index (χ0v) is 24.0. The molecule has 4 rings (SSSR count). The monoisotopic (exact) mass is 556 g/mol. The molecule has 2 amide bonds. The molecular formula is C31H44N2O7. The van der Waals surface area contributed by atoms with Gasteiger partial charge in [0.1, 0.15) is 11.4 Å². The van der Waals surface area contributed by atoms with Crippen LogP contribution in [0.5, 0.6) is 5.75 Å². The molecule has 0 unspecified atom stereocenters. The Morgan fingerprint density at radius 3 is 2.27 bits per heavy atom. The molecule has 9 heteroatoms. The zero-order valence-electron chi connectivity index (χ0n) is 24.0. The van der Waals surface area contributed by atoms with E-state index in [1.165, 1.54) is 0 Å². The number of ether oxygens (including phenoxy) is 3. The highest BCUT2D eigenvalue weighted by Crippen LogP contribution is 2.34. The highest BCUT2D eigenvalue weighted by molar-refractivity contribution is 5.98. The van der Waals surface area contributed by atoms with E-state index in [0.717, 1.165) is 31.2 Å². The number of Topliss-reactive ketones (excluding diaryl/α,β-unsaturated/α-hetero) is 2. The third kappa shape index (κ3) is 8.13. The molecule has 2 saturated heterocycles. The van der Waals surface area contributed by atoms with Gasteiger partial charge in [0.2, 0.25) is 11.8 Å².